The van der Waals surface area contributed by atoms with E-state index in [1.807, 2.05) is 38.4 Å². The van der Waals surface area contributed by atoms with E-state index in [4.69, 9.17) is 4.98 Å². The van der Waals surface area contributed by atoms with Crippen molar-refractivity contribution in [3.8, 4) is 0 Å². The van der Waals surface area contributed by atoms with Crippen LogP contribution in [0.2, 0.25) is 0 Å². The van der Waals surface area contributed by atoms with Crippen molar-refractivity contribution < 1.29 is 4.79 Å². The summed E-state index contributed by atoms with van der Waals surface area (Å²) in [5.41, 5.74) is 5.38. The first-order valence-electron chi connectivity index (χ1n) is 9.02. The molecule has 28 heavy (non-hydrogen) atoms. The maximum absolute atomic E-state index is 13.4. The summed E-state index contributed by atoms with van der Waals surface area (Å²) in [6.45, 7) is 6.39. The first-order valence-corrected chi connectivity index (χ1v) is 9.84. The lowest BCUT2D eigenvalue weighted by Crippen LogP contribution is -2.31. The Kier molecular flexibility index (Phi) is 4.68. The largest absolute Gasteiger partial charge is 0.281 e. The number of aryl methyl sites for hydroxylation is 4. The molecular formula is C21H21N5OS. The van der Waals surface area contributed by atoms with E-state index in [0.717, 1.165) is 21.5 Å². The number of anilines is 1. The highest BCUT2D eigenvalue weighted by molar-refractivity contribution is 7.22. The van der Waals surface area contributed by atoms with E-state index in [9.17, 15) is 4.79 Å². The van der Waals surface area contributed by atoms with Crippen LogP contribution in [0.1, 0.15) is 32.9 Å². The number of carbonyl (C=O) groups is 1. The Morgan fingerprint density at radius 3 is 2.61 bits per heavy atom. The zero-order valence-corrected chi connectivity index (χ0v) is 17.1. The fraction of sp³-hybridized carbons (Fsp3) is 0.238. The van der Waals surface area contributed by atoms with Crippen LogP contribution in [0.15, 0.2) is 42.7 Å². The van der Waals surface area contributed by atoms with Gasteiger partial charge in [-0.05, 0) is 56.2 Å². The van der Waals surface area contributed by atoms with Gasteiger partial charge in [-0.15, -0.1) is 0 Å². The molecule has 7 heteroatoms. The lowest BCUT2D eigenvalue weighted by Gasteiger charge is -2.18. The summed E-state index contributed by atoms with van der Waals surface area (Å²) in [6.07, 6.45) is 3.58. The third kappa shape index (κ3) is 3.41. The van der Waals surface area contributed by atoms with Crippen molar-refractivity contribution in [1.29, 1.82) is 0 Å². The number of rotatable bonds is 4. The lowest BCUT2D eigenvalue weighted by molar-refractivity contribution is 0.0978. The Balaban J connectivity index is 1.80. The van der Waals surface area contributed by atoms with Gasteiger partial charge in [0.2, 0.25) is 0 Å². The number of fused-ring (bicyclic) bond motifs is 1. The number of benzene rings is 1. The average Bonchev–Trinajstić information content (AvgIpc) is 3.22. The fourth-order valence-corrected chi connectivity index (χ4v) is 4.15. The van der Waals surface area contributed by atoms with Gasteiger partial charge in [-0.25, -0.2) is 4.98 Å². The van der Waals surface area contributed by atoms with Crippen LogP contribution in [-0.2, 0) is 13.6 Å². The molecule has 0 bridgehead atoms. The summed E-state index contributed by atoms with van der Waals surface area (Å²) in [7, 11) is 1.82. The van der Waals surface area contributed by atoms with Crippen molar-refractivity contribution in [2.24, 2.45) is 7.05 Å². The number of hydrogen-bond acceptors (Lipinski definition) is 5. The molecule has 4 aromatic rings. The molecule has 3 heterocycles. The maximum Gasteiger partial charge on any atom is 0.281 e. The summed E-state index contributed by atoms with van der Waals surface area (Å²) >= 11 is 1.51. The summed E-state index contributed by atoms with van der Waals surface area (Å²) in [5, 5.41) is 5.02. The molecule has 0 fully saturated rings. The third-order valence-corrected chi connectivity index (χ3v) is 5.77. The summed E-state index contributed by atoms with van der Waals surface area (Å²) in [4.78, 5) is 24.2. The smallest absolute Gasteiger partial charge is 0.276 e. The van der Waals surface area contributed by atoms with E-state index in [-0.39, 0.29) is 5.91 Å². The Labute approximate surface area is 167 Å². The molecule has 0 radical (unpaired) electrons. The molecule has 0 aliphatic rings. The quantitative estimate of drug-likeness (QED) is 0.523. The highest BCUT2D eigenvalue weighted by Gasteiger charge is 2.25. The number of amides is 1. The first-order chi connectivity index (χ1) is 13.4. The molecule has 1 aromatic carbocycles. The molecule has 0 aliphatic heterocycles. The molecule has 3 aromatic heterocycles. The summed E-state index contributed by atoms with van der Waals surface area (Å²) < 4.78 is 2.72. The topological polar surface area (TPSA) is 63.9 Å². The molecule has 1 amide bonds. The Hall–Kier alpha value is -3.06. The standard InChI is InChI=1S/C21H21N5OS/c1-13-9-17-18(10-14(13)2)28-21(23-17)26(12-16-7-5-6-8-22-16)20(27)19-15(3)11-25(4)24-19/h5-11H,12H2,1-4H3. The number of hydrogen-bond donors (Lipinski definition) is 0. The van der Waals surface area contributed by atoms with Crippen LogP contribution in [0, 0.1) is 20.8 Å². The van der Waals surface area contributed by atoms with Crippen molar-refractivity contribution in [2.75, 3.05) is 4.90 Å². The van der Waals surface area contributed by atoms with Gasteiger partial charge >= 0.3 is 0 Å². The fourth-order valence-electron chi connectivity index (χ4n) is 3.11. The van der Waals surface area contributed by atoms with Crippen LogP contribution < -0.4 is 4.90 Å². The van der Waals surface area contributed by atoms with Gasteiger partial charge < -0.3 is 0 Å². The monoisotopic (exact) mass is 391 g/mol. The average molecular weight is 392 g/mol. The number of nitrogens with zero attached hydrogens (tertiary/aromatic N) is 5. The third-order valence-electron chi connectivity index (χ3n) is 4.73. The molecule has 0 N–H and O–H groups in total. The first kappa shape index (κ1) is 18.3. The minimum atomic E-state index is -0.170. The minimum Gasteiger partial charge on any atom is -0.276 e. The van der Waals surface area contributed by atoms with Crippen LogP contribution in [0.4, 0.5) is 5.13 Å². The summed E-state index contributed by atoms with van der Waals surface area (Å²) in [6, 6.07) is 9.89. The normalized spacial score (nSPS) is 11.1. The van der Waals surface area contributed by atoms with Crippen LogP contribution in [0.3, 0.4) is 0 Å². The molecular weight excluding hydrogens is 370 g/mol. The van der Waals surface area contributed by atoms with Gasteiger partial charge in [0.1, 0.15) is 0 Å². The van der Waals surface area contributed by atoms with E-state index in [0.29, 0.717) is 17.4 Å². The molecule has 4 rings (SSSR count). The number of pyridine rings is 1. The second kappa shape index (κ2) is 7.16. The van der Waals surface area contributed by atoms with Gasteiger partial charge in [0.25, 0.3) is 5.91 Å². The molecule has 6 nitrogen and oxygen atoms in total. The van der Waals surface area contributed by atoms with E-state index in [2.05, 4.69) is 36.1 Å². The van der Waals surface area contributed by atoms with Crippen LogP contribution >= 0.6 is 11.3 Å². The van der Waals surface area contributed by atoms with E-state index < -0.39 is 0 Å². The Morgan fingerprint density at radius 2 is 1.93 bits per heavy atom. The van der Waals surface area contributed by atoms with Gasteiger partial charge in [0.05, 0.1) is 22.5 Å². The predicted octanol–water partition coefficient (Wildman–Crippen LogP) is 4.20. The van der Waals surface area contributed by atoms with Gasteiger partial charge in [0.15, 0.2) is 10.8 Å². The number of carbonyl (C=O) groups excluding carboxylic acids is 1. The van der Waals surface area contributed by atoms with Crippen molar-refractivity contribution in [3.05, 3.63) is 70.8 Å². The highest BCUT2D eigenvalue weighted by Crippen LogP contribution is 2.32. The van der Waals surface area contributed by atoms with Crippen LogP contribution in [0.5, 0.6) is 0 Å². The maximum atomic E-state index is 13.4. The van der Waals surface area contributed by atoms with E-state index in [1.165, 1.54) is 22.5 Å². The van der Waals surface area contributed by atoms with Crippen molar-refractivity contribution in [1.82, 2.24) is 19.7 Å². The van der Waals surface area contributed by atoms with E-state index in [1.54, 1.807) is 15.8 Å². The molecule has 0 saturated carbocycles. The van der Waals surface area contributed by atoms with Gasteiger partial charge in [-0.2, -0.15) is 5.10 Å². The molecule has 0 atom stereocenters. The Bertz CT molecular complexity index is 1120. The van der Waals surface area contributed by atoms with Crippen molar-refractivity contribution in [3.63, 3.8) is 0 Å². The van der Waals surface area contributed by atoms with Gasteiger partial charge in [-0.3, -0.25) is 19.4 Å². The number of aromatic nitrogens is 4. The van der Waals surface area contributed by atoms with Gasteiger partial charge in [-0.1, -0.05) is 17.4 Å². The minimum absolute atomic E-state index is 0.170. The highest BCUT2D eigenvalue weighted by atomic mass is 32.1. The van der Waals surface area contributed by atoms with Crippen molar-refractivity contribution in [2.45, 2.75) is 27.3 Å². The molecule has 142 valence electrons. The van der Waals surface area contributed by atoms with Gasteiger partial charge in [0, 0.05) is 25.0 Å². The Morgan fingerprint density at radius 1 is 1.14 bits per heavy atom. The van der Waals surface area contributed by atoms with Crippen LogP contribution in [-0.4, -0.2) is 25.7 Å². The van der Waals surface area contributed by atoms with Crippen LogP contribution in [0.25, 0.3) is 10.2 Å². The van der Waals surface area contributed by atoms with Crippen molar-refractivity contribution >= 4 is 32.6 Å². The molecule has 0 unspecified atom stereocenters. The molecule has 0 spiro atoms. The SMILES string of the molecule is Cc1cc2nc(N(Cc3ccccn3)C(=O)c3nn(C)cc3C)sc2cc1C. The second-order valence-electron chi connectivity index (χ2n) is 6.95. The number of thiazole rings is 1. The molecule has 0 aliphatic carbocycles. The predicted molar refractivity (Wildman–Crippen MR) is 112 cm³/mol. The van der Waals surface area contributed by atoms with E-state index >= 15 is 0 Å². The second-order valence-corrected chi connectivity index (χ2v) is 7.96. The zero-order valence-electron chi connectivity index (χ0n) is 16.3. The lowest BCUT2D eigenvalue weighted by atomic mass is 10.1. The summed E-state index contributed by atoms with van der Waals surface area (Å²) in [5.74, 6) is -0.170. The zero-order chi connectivity index (χ0) is 19.8. The molecule has 0 saturated heterocycles.